The average molecular weight is 241 g/mol. The molecule has 0 aliphatic heterocycles. The van der Waals surface area contributed by atoms with Crippen LogP contribution in [-0.2, 0) is 14.3 Å². The summed E-state index contributed by atoms with van der Waals surface area (Å²) in [6.45, 7) is 4.81. The van der Waals surface area contributed by atoms with Gasteiger partial charge in [-0.2, -0.15) is 0 Å². The van der Waals surface area contributed by atoms with Gasteiger partial charge in [-0.3, -0.25) is 0 Å². The standard InChI is InChI=1S/C11H15NO5/c1-4-6-16-8(3)9(10(13)14)12-11(15)17-7-5-2/h1,5,8-9H,2,6-7H2,3H3,(H,12,15)(H,13,14)/t8?,9-/m1/s1. The van der Waals surface area contributed by atoms with E-state index in [0.717, 1.165) is 0 Å². The van der Waals surface area contributed by atoms with E-state index in [1.165, 1.54) is 13.0 Å². The minimum Gasteiger partial charge on any atom is -0.480 e. The third-order valence-electron chi connectivity index (χ3n) is 1.77. The van der Waals surface area contributed by atoms with Gasteiger partial charge in [-0.25, -0.2) is 9.59 Å². The highest BCUT2D eigenvalue weighted by Crippen LogP contribution is 2.00. The van der Waals surface area contributed by atoms with E-state index in [-0.39, 0.29) is 13.2 Å². The molecule has 0 aliphatic rings. The van der Waals surface area contributed by atoms with Gasteiger partial charge in [0.25, 0.3) is 0 Å². The molecule has 94 valence electrons. The fourth-order valence-corrected chi connectivity index (χ4v) is 0.959. The summed E-state index contributed by atoms with van der Waals surface area (Å²) >= 11 is 0. The van der Waals surface area contributed by atoms with E-state index in [0.29, 0.717) is 0 Å². The van der Waals surface area contributed by atoms with Gasteiger partial charge < -0.3 is 19.9 Å². The first kappa shape index (κ1) is 15.0. The van der Waals surface area contributed by atoms with Crippen molar-refractivity contribution in [2.24, 2.45) is 0 Å². The molecule has 0 aromatic heterocycles. The zero-order chi connectivity index (χ0) is 13.3. The third kappa shape index (κ3) is 6.22. The molecule has 0 aliphatic carbocycles. The van der Waals surface area contributed by atoms with Crippen LogP contribution in [-0.4, -0.2) is 42.5 Å². The first-order valence-corrected chi connectivity index (χ1v) is 4.85. The highest BCUT2D eigenvalue weighted by Gasteiger charge is 2.27. The van der Waals surface area contributed by atoms with Crippen LogP contribution in [0.1, 0.15) is 6.92 Å². The monoisotopic (exact) mass is 241 g/mol. The summed E-state index contributed by atoms with van der Waals surface area (Å²) in [6.07, 6.45) is 4.73. The summed E-state index contributed by atoms with van der Waals surface area (Å²) in [7, 11) is 0. The summed E-state index contributed by atoms with van der Waals surface area (Å²) < 4.78 is 9.61. The molecule has 6 heteroatoms. The van der Waals surface area contributed by atoms with Crippen LogP contribution in [0.15, 0.2) is 12.7 Å². The molecular weight excluding hydrogens is 226 g/mol. The lowest BCUT2D eigenvalue weighted by Gasteiger charge is -2.20. The van der Waals surface area contributed by atoms with Gasteiger partial charge in [-0.15, -0.1) is 6.42 Å². The first-order chi connectivity index (χ1) is 8.02. The summed E-state index contributed by atoms with van der Waals surface area (Å²) in [5.41, 5.74) is 0. The smallest absolute Gasteiger partial charge is 0.408 e. The lowest BCUT2D eigenvalue weighted by atomic mass is 10.2. The van der Waals surface area contributed by atoms with E-state index < -0.39 is 24.2 Å². The van der Waals surface area contributed by atoms with E-state index in [9.17, 15) is 9.59 Å². The SMILES string of the molecule is C#CCOC(C)[C@@H](NC(=O)OCC=C)C(=O)O. The van der Waals surface area contributed by atoms with E-state index >= 15 is 0 Å². The fourth-order valence-electron chi connectivity index (χ4n) is 0.959. The molecule has 0 heterocycles. The number of carboxylic acids is 1. The number of hydrogen-bond acceptors (Lipinski definition) is 4. The van der Waals surface area contributed by atoms with Gasteiger partial charge in [0.2, 0.25) is 0 Å². The Labute approximate surface area is 99.6 Å². The van der Waals surface area contributed by atoms with Crippen molar-refractivity contribution in [3.63, 3.8) is 0 Å². The maximum atomic E-state index is 11.2. The number of terminal acetylenes is 1. The predicted molar refractivity (Wildman–Crippen MR) is 60.4 cm³/mol. The summed E-state index contributed by atoms with van der Waals surface area (Å²) in [4.78, 5) is 22.0. The number of aliphatic carboxylic acids is 1. The van der Waals surface area contributed by atoms with Crippen LogP contribution in [0, 0.1) is 12.3 Å². The van der Waals surface area contributed by atoms with Crippen molar-refractivity contribution in [1.82, 2.24) is 5.32 Å². The lowest BCUT2D eigenvalue weighted by Crippen LogP contribution is -2.48. The Morgan fingerprint density at radius 1 is 1.65 bits per heavy atom. The van der Waals surface area contributed by atoms with Gasteiger partial charge in [0.05, 0.1) is 6.10 Å². The average Bonchev–Trinajstić information content (AvgIpc) is 2.29. The van der Waals surface area contributed by atoms with E-state index in [4.69, 9.17) is 16.3 Å². The summed E-state index contributed by atoms with van der Waals surface area (Å²) in [5, 5.41) is 11.1. The molecule has 1 unspecified atom stereocenters. The van der Waals surface area contributed by atoms with Gasteiger partial charge in [-0.1, -0.05) is 18.6 Å². The zero-order valence-corrected chi connectivity index (χ0v) is 9.51. The normalized spacial score (nSPS) is 12.9. The second kappa shape index (κ2) is 8.19. The number of ether oxygens (including phenoxy) is 2. The number of rotatable bonds is 7. The fraction of sp³-hybridized carbons (Fsp3) is 0.455. The minimum absolute atomic E-state index is 0.00222. The van der Waals surface area contributed by atoms with Crippen LogP contribution in [0.5, 0.6) is 0 Å². The first-order valence-electron chi connectivity index (χ1n) is 4.85. The zero-order valence-electron chi connectivity index (χ0n) is 9.51. The maximum Gasteiger partial charge on any atom is 0.408 e. The molecule has 0 saturated carbocycles. The van der Waals surface area contributed by atoms with E-state index in [1.54, 1.807) is 0 Å². The van der Waals surface area contributed by atoms with Gasteiger partial charge >= 0.3 is 12.1 Å². The molecule has 0 spiro atoms. The van der Waals surface area contributed by atoms with E-state index in [1.807, 2.05) is 0 Å². The predicted octanol–water partition coefficient (Wildman–Crippen LogP) is 0.390. The molecule has 0 rings (SSSR count). The van der Waals surface area contributed by atoms with Gasteiger partial charge in [0.15, 0.2) is 6.04 Å². The summed E-state index contributed by atoms with van der Waals surface area (Å²) in [5.74, 6) is 0.976. The summed E-state index contributed by atoms with van der Waals surface area (Å²) in [6, 6.07) is -1.22. The Morgan fingerprint density at radius 2 is 2.29 bits per heavy atom. The molecule has 0 fully saturated rings. The maximum absolute atomic E-state index is 11.2. The van der Waals surface area contributed by atoms with Crippen LogP contribution in [0.3, 0.4) is 0 Å². The largest absolute Gasteiger partial charge is 0.480 e. The van der Waals surface area contributed by atoms with Crippen molar-refractivity contribution >= 4 is 12.1 Å². The van der Waals surface area contributed by atoms with Crippen molar-refractivity contribution < 1.29 is 24.2 Å². The van der Waals surface area contributed by atoms with Crippen LogP contribution >= 0.6 is 0 Å². The Bertz CT molecular complexity index is 320. The molecule has 2 N–H and O–H groups in total. The molecule has 17 heavy (non-hydrogen) atoms. The number of nitrogens with one attached hydrogen (secondary N) is 1. The Hall–Kier alpha value is -2.00. The number of alkyl carbamates (subject to hydrolysis) is 1. The third-order valence-corrected chi connectivity index (χ3v) is 1.77. The highest BCUT2D eigenvalue weighted by molar-refractivity contribution is 5.80. The Morgan fingerprint density at radius 3 is 2.76 bits per heavy atom. The molecular formula is C11H15NO5. The Kier molecular flexibility index (Phi) is 7.22. The number of hydrogen-bond donors (Lipinski definition) is 2. The quantitative estimate of drug-likeness (QED) is 0.497. The van der Waals surface area contributed by atoms with Crippen molar-refractivity contribution in [2.45, 2.75) is 19.1 Å². The van der Waals surface area contributed by atoms with Crippen molar-refractivity contribution in [3.8, 4) is 12.3 Å². The Balaban J connectivity index is 4.33. The molecule has 2 atom stereocenters. The van der Waals surface area contributed by atoms with Crippen molar-refractivity contribution in [3.05, 3.63) is 12.7 Å². The van der Waals surface area contributed by atoms with Crippen LogP contribution < -0.4 is 5.32 Å². The minimum atomic E-state index is -1.23. The van der Waals surface area contributed by atoms with Gasteiger partial charge in [0, 0.05) is 0 Å². The van der Waals surface area contributed by atoms with Gasteiger partial charge in [0.1, 0.15) is 13.2 Å². The van der Waals surface area contributed by atoms with Gasteiger partial charge in [-0.05, 0) is 6.92 Å². The lowest BCUT2D eigenvalue weighted by molar-refractivity contribution is -0.142. The second-order valence-corrected chi connectivity index (χ2v) is 3.07. The van der Waals surface area contributed by atoms with Crippen molar-refractivity contribution in [2.75, 3.05) is 13.2 Å². The molecule has 1 amide bonds. The molecule has 0 bridgehead atoms. The van der Waals surface area contributed by atoms with Crippen LogP contribution in [0.4, 0.5) is 4.79 Å². The number of carboxylic acid groups (broad SMARTS) is 1. The topological polar surface area (TPSA) is 84.9 Å². The molecule has 0 aromatic carbocycles. The molecule has 6 nitrogen and oxygen atoms in total. The number of amides is 1. The number of carbonyl (C=O) groups is 2. The van der Waals surface area contributed by atoms with Crippen LogP contribution in [0.2, 0.25) is 0 Å². The van der Waals surface area contributed by atoms with Crippen LogP contribution in [0.25, 0.3) is 0 Å². The highest BCUT2D eigenvalue weighted by atomic mass is 16.5. The van der Waals surface area contributed by atoms with E-state index in [2.05, 4.69) is 22.6 Å². The van der Waals surface area contributed by atoms with Crippen molar-refractivity contribution in [1.29, 1.82) is 0 Å². The second-order valence-electron chi connectivity index (χ2n) is 3.07. The molecule has 0 saturated heterocycles. The molecule has 0 aromatic rings. The molecule has 0 radical (unpaired) electrons. The number of carbonyl (C=O) groups excluding carboxylic acids is 1.